The van der Waals surface area contributed by atoms with E-state index in [0.717, 1.165) is 23.7 Å². The molecule has 1 aliphatic heterocycles. The Bertz CT molecular complexity index is 263. The smallest absolute Gasteiger partial charge is 0.00826 e. The molecule has 0 aromatic carbocycles. The molecule has 0 aromatic rings. The zero-order chi connectivity index (χ0) is 11.8. The molecule has 106 valence electrons. The van der Waals surface area contributed by atoms with Crippen molar-refractivity contribution in [1.29, 1.82) is 0 Å². The Kier molecular flexibility index (Phi) is 4.96. The van der Waals surface area contributed by atoms with E-state index in [9.17, 15) is 0 Å². The summed E-state index contributed by atoms with van der Waals surface area (Å²) in [6.07, 6.45) is 8.54. The van der Waals surface area contributed by atoms with Crippen molar-refractivity contribution in [2.75, 3.05) is 19.6 Å². The predicted molar refractivity (Wildman–Crippen MR) is 79.0 cm³/mol. The average molecular weight is 273 g/mol. The Balaban J connectivity index is 0.00000120. The Morgan fingerprint density at radius 1 is 1.00 bits per heavy atom. The molecule has 1 saturated heterocycles. The average Bonchev–Trinajstić information content (AvgIpc) is 2.85. The maximum atomic E-state index is 6.21. The Morgan fingerprint density at radius 3 is 2.39 bits per heavy atom. The minimum atomic E-state index is 0. The molecule has 18 heavy (non-hydrogen) atoms. The maximum absolute atomic E-state index is 6.21. The number of hydrogen-bond acceptors (Lipinski definition) is 2. The molecule has 0 amide bonds. The highest BCUT2D eigenvalue weighted by molar-refractivity contribution is 5.85. The minimum absolute atomic E-state index is 0. The predicted octanol–water partition coefficient (Wildman–Crippen LogP) is 2.90. The van der Waals surface area contributed by atoms with E-state index in [1.807, 2.05) is 0 Å². The first-order valence-electron chi connectivity index (χ1n) is 7.70. The quantitative estimate of drug-likeness (QED) is 0.838. The van der Waals surface area contributed by atoms with Crippen LogP contribution in [0.2, 0.25) is 0 Å². The van der Waals surface area contributed by atoms with Crippen LogP contribution in [0.15, 0.2) is 0 Å². The van der Waals surface area contributed by atoms with Crippen molar-refractivity contribution in [2.24, 2.45) is 29.4 Å². The molecule has 0 aromatic heterocycles. The highest BCUT2D eigenvalue weighted by Crippen LogP contribution is 2.38. The molecule has 2 N–H and O–H groups in total. The van der Waals surface area contributed by atoms with Crippen LogP contribution >= 0.6 is 12.4 Å². The van der Waals surface area contributed by atoms with Gasteiger partial charge in [-0.1, -0.05) is 19.8 Å². The molecule has 3 fully saturated rings. The van der Waals surface area contributed by atoms with E-state index >= 15 is 0 Å². The number of likely N-dealkylation sites (tertiary alicyclic amines) is 1. The molecule has 2 saturated carbocycles. The minimum Gasteiger partial charge on any atom is -0.327 e. The summed E-state index contributed by atoms with van der Waals surface area (Å²) in [5, 5.41) is 0. The molecule has 0 radical (unpaired) electrons. The van der Waals surface area contributed by atoms with Gasteiger partial charge in [0, 0.05) is 25.7 Å². The van der Waals surface area contributed by atoms with Crippen LogP contribution in [0.4, 0.5) is 0 Å². The normalized spacial score (nSPS) is 44.7. The molecular formula is C15H29ClN2. The lowest BCUT2D eigenvalue weighted by Gasteiger charge is -2.30. The SMILES string of the molecule is CC1CCC(CN2CC3CCC(N)C3C2)CC1.Cl. The van der Waals surface area contributed by atoms with Gasteiger partial charge in [-0.2, -0.15) is 0 Å². The van der Waals surface area contributed by atoms with Crippen LogP contribution in [0.25, 0.3) is 0 Å². The Hall–Kier alpha value is 0.210. The lowest BCUT2D eigenvalue weighted by atomic mass is 9.83. The summed E-state index contributed by atoms with van der Waals surface area (Å²) < 4.78 is 0. The molecule has 0 bridgehead atoms. The van der Waals surface area contributed by atoms with Gasteiger partial charge in [0.25, 0.3) is 0 Å². The molecular weight excluding hydrogens is 244 g/mol. The van der Waals surface area contributed by atoms with E-state index in [2.05, 4.69) is 11.8 Å². The van der Waals surface area contributed by atoms with Crippen molar-refractivity contribution >= 4 is 12.4 Å². The standard InChI is InChI=1S/C15H28N2.ClH/c1-11-2-4-12(5-3-11)8-17-9-13-6-7-15(16)14(13)10-17;/h11-15H,2-10,16H2,1H3;1H. The van der Waals surface area contributed by atoms with Gasteiger partial charge in [0.1, 0.15) is 0 Å². The Morgan fingerprint density at radius 2 is 1.72 bits per heavy atom. The van der Waals surface area contributed by atoms with Gasteiger partial charge in [0.2, 0.25) is 0 Å². The first-order valence-corrected chi connectivity index (χ1v) is 7.70. The third kappa shape index (κ3) is 3.02. The van der Waals surface area contributed by atoms with Crippen molar-refractivity contribution in [3.63, 3.8) is 0 Å². The summed E-state index contributed by atoms with van der Waals surface area (Å²) in [5.41, 5.74) is 6.21. The summed E-state index contributed by atoms with van der Waals surface area (Å²) in [6.45, 7) is 6.43. The summed E-state index contributed by atoms with van der Waals surface area (Å²) in [4.78, 5) is 2.73. The number of hydrogen-bond donors (Lipinski definition) is 1. The van der Waals surface area contributed by atoms with Crippen LogP contribution in [0.5, 0.6) is 0 Å². The van der Waals surface area contributed by atoms with E-state index in [1.54, 1.807) is 0 Å². The van der Waals surface area contributed by atoms with Crippen molar-refractivity contribution in [3.8, 4) is 0 Å². The summed E-state index contributed by atoms with van der Waals surface area (Å²) in [5.74, 6) is 3.74. The van der Waals surface area contributed by atoms with Crippen LogP contribution in [0, 0.1) is 23.7 Å². The lowest BCUT2D eigenvalue weighted by molar-refractivity contribution is 0.199. The van der Waals surface area contributed by atoms with E-state index < -0.39 is 0 Å². The summed E-state index contributed by atoms with van der Waals surface area (Å²) >= 11 is 0. The van der Waals surface area contributed by atoms with E-state index in [-0.39, 0.29) is 12.4 Å². The van der Waals surface area contributed by atoms with E-state index in [4.69, 9.17) is 5.73 Å². The van der Waals surface area contributed by atoms with Crippen molar-refractivity contribution in [1.82, 2.24) is 4.90 Å². The second-order valence-corrected chi connectivity index (χ2v) is 7.01. The highest BCUT2D eigenvalue weighted by atomic mass is 35.5. The van der Waals surface area contributed by atoms with Crippen molar-refractivity contribution in [3.05, 3.63) is 0 Å². The van der Waals surface area contributed by atoms with Crippen LogP contribution in [0.1, 0.15) is 45.4 Å². The Labute approximate surface area is 118 Å². The third-order valence-electron chi connectivity index (χ3n) is 5.64. The summed E-state index contributed by atoms with van der Waals surface area (Å²) in [7, 11) is 0. The van der Waals surface area contributed by atoms with Gasteiger partial charge in [-0.05, 0) is 49.4 Å². The van der Waals surface area contributed by atoms with Gasteiger partial charge in [-0.25, -0.2) is 0 Å². The number of nitrogens with zero attached hydrogens (tertiary/aromatic N) is 1. The van der Waals surface area contributed by atoms with Gasteiger partial charge >= 0.3 is 0 Å². The number of nitrogens with two attached hydrogens (primary N) is 1. The molecule has 3 heteroatoms. The molecule has 3 aliphatic rings. The second kappa shape index (κ2) is 6.11. The molecule has 0 spiro atoms. The van der Waals surface area contributed by atoms with Gasteiger partial charge in [0.15, 0.2) is 0 Å². The zero-order valence-corrected chi connectivity index (χ0v) is 12.5. The molecule has 1 heterocycles. The van der Waals surface area contributed by atoms with Gasteiger partial charge in [-0.15, -0.1) is 12.4 Å². The van der Waals surface area contributed by atoms with E-state index in [0.29, 0.717) is 6.04 Å². The largest absolute Gasteiger partial charge is 0.327 e. The van der Waals surface area contributed by atoms with Crippen LogP contribution < -0.4 is 5.73 Å². The number of fused-ring (bicyclic) bond motifs is 1. The number of halogens is 1. The monoisotopic (exact) mass is 272 g/mol. The second-order valence-electron chi connectivity index (χ2n) is 7.01. The molecule has 3 rings (SSSR count). The fraction of sp³-hybridized carbons (Fsp3) is 1.00. The molecule has 2 nitrogen and oxygen atoms in total. The van der Waals surface area contributed by atoms with Crippen LogP contribution in [-0.4, -0.2) is 30.6 Å². The third-order valence-corrected chi connectivity index (χ3v) is 5.64. The van der Waals surface area contributed by atoms with Gasteiger partial charge < -0.3 is 10.6 Å². The van der Waals surface area contributed by atoms with Gasteiger partial charge in [0.05, 0.1) is 0 Å². The zero-order valence-electron chi connectivity index (χ0n) is 11.7. The summed E-state index contributed by atoms with van der Waals surface area (Å²) in [6, 6.07) is 0.511. The first kappa shape index (κ1) is 14.6. The molecule has 3 atom stereocenters. The first-order chi connectivity index (χ1) is 8.22. The van der Waals surface area contributed by atoms with Crippen LogP contribution in [-0.2, 0) is 0 Å². The lowest BCUT2D eigenvalue weighted by Crippen LogP contribution is -2.33. The topological polar surface area (TPSA) is 29.3 Å². The highest BCUT2D eigenvalue weighted by Gasteiger charge is 2.41. The molecule has 2 aliphatic carbocycles. The fourth-order valence-electron chi connectivity index (χ4n) is 4.43. The van der Waals surface area contributed by atoms with E-state index in [1.165, 1.54) is 58.2 Å². The maximum Gasteiger partial charge on any atom is 0.00826 e. The van der Waals surface area contributed by atoms with Crippen molar-refractivity contribution < 1.29 is 0 Å². The van der Waals surface area contributed by atoms with Gasteiger partial charge in [-0.3, -0.25) is 0 Å². The number of rotatable bonds is 2. The fourth-order valence-corrected chi connectivity index (χ4v) is 4.43. The van der Waals surface area contributed by atoms with Crippen LogP contribution in [0.3, 0.4) is 0 Å². The van der Waals surface area contributed by atoms with Crippen molar-refractivity contribution in [2.45, 2.75) is 51.5 Å². The molecule has 3 unspecified atom stereocenters.